The summed E-state index contributed by atoms with van der Waals surface area (Å²) in [5, 5.41) is 14.7. The zero-order valence-corrected chi connectivity index (χ0v) is 27.0. The molecule has 1 amide bonds. The summed E-state index contributed by atoms with van der Waals surface area (Å²) in [6.45, 7) is 17.4. The van der Waals surface area contributed by atoms with E-state index in [1.54, 1.807) is 12.7 Å². The molecule has 4 saturated carbocycles. The van der Waals surface area contributed by atoms with Gasteiger partial charge in [0.15, 0.2) is 0 Å². The van der Waals surface area contributed by atoms with Gasteiger partial charge in [-0.1, -0.05) is 66.2 Å². The van der Waals surface area contributed by atoms with E-state index < -0.39 is 0 Å². The van der Waals surface area contributed by atoms with Crippen molar-refractivity contribution in [1.82, 2.24) is 5.32 Å². The molecule has 5 aliphatic carbocycles. The molecule has 6 rings (SSSR count). The molecule has 0 aliphatic heterocycles. The second-order valence-corrected chi connectivity index (χ2v) is 16.9. The molecular formula is C37H55NO3. The third kappa shape index (κ3) is 4.12. The molecule has 5 aliphatic rings. The number of carbonyl (C=O) groups excluding carboxylic acids is 1. The highest BCUT2D eigenvalue weighted by Gasteiger charge is 2.68. The molecule has 0 heterocycles. The minimum absolute atomic E-state index is 0.0290. The van der Waals surface area contributed by atoms with Crippen molar-refractivity contribution in [3.63, 3.8) is 0 Å². The fourth-order valence-corrected chi connectivity index (χ4v) is 11.5. The minimum Gasteiger partial charge on any atom is -0.497 e. The van der Waals surface area contributed by atoms with E-state index in [1.807, 2.05) is 24.3 Å². The Morgan fingerprint density at radius 3 is 2.39 bits per heavy atom. The Morgan fingerprint density at radius 1 is 0.927 bits per heavy atom. The average molecular weight is 562 g/mol. The highest BCUT2D eigenvalue weighted by molar-refractivity contribution is 5.95. The van der Waals surface area contributed by atoms with E-state index in [0.717, 1.165) is 57.1 Å². The summed E-state index contributed by atoms with van der Waals surface area (Å²) in [6, 6.07) is 7.60. The standard InChI is InChI=1S/C37H55NO3/c1-32(2)18-20-37(38-31(40)24-10-9-11-25(22-24)41-8)21-19-35(6)26(27(37)23-32)12-13-29-34(5)16-15-30(39)33(3,4)28(34)14-17-36(29,35)7/h9-12,22,27-30,39H,13-21,23H2,1-8H3,(H,38,40)/t27-,28-,29+,30-,34-,35+,36+,37-/m0/s1. The minimum atomic E-state index is -0.192. The molecule has 2 N–H and O–H groups in total. The maximum absolute atomic E-state index is 13.8. The van der Waals surface area contributed by atoms with Gasteiger partial charge in [-0.3, -0.25) is 4.79 Å². The van der Waals surface area contributed by atoms with Crippen molar-refractivity contribution < 1.29 is 14.6 Å². The fourth-order valence-electron chi connectivity index (χ4n) is 11.5. The first-order valence-corrected chi connectivity index (χ1v) is 16.5. The lowest BCUT2D eigenvalue weighted by Gasteiger charge is -2.71. The van der Waals surface area contributed by atoms with Gasteiger partial charge in [-0.05, 0) is 121 Å². The number of allylic oxidation sites excluding steroid dienone is 1. The summed E-state index contributed by atoms with van der Waals surface area (Å²) in [6.07, 6.45) is 13.6. The Labute approximate surface area is 249 Å². The first kappa shape index (κ1) is 29.3. The summed E-state index contributed by atoms with van der Waals surface area (Å²) >= 11 is 0. The highest BCUT2D eigenvalue weighted by atomic mass is 16.5. The van der Waals surface area contributed by atoms with E-state index in [1.165, 1.54) is 12.8 Å². The number of methoxy groups -OCH3 is 1. The van der Waals surface area contributed by atoms with Crippen LogP contribution in [0, 0.1) is 44.8 Å². The van der Waals surface area contributed by atoms with E-state index in [4.69, 9.17) is 4.74 Å². The second-order valence-electron chi connectivity index (χ2n) is 16.9. The molecule has 0 bridgehead atoms. The predicted octanol–water partition coefficient (Wildman–Crippen LogP) is 8.34. The third-order valence-corrected chi connectivity index (χ3v) is 14.3. The van der Waals surface area contributed by atoms with Gasteiger partial charge in [0.05, 0.1) is 13.2 Å². The second kappa shape index (κ2) is 9.34. The molecule has 4 nitrogen and oxygen atoms in total. The van der Waals surface area contributed by atoms with Crippen molar-refractivity contribution in [2.75, 3.05) is 7.11 Å². The summed E-state index contributed by atoms with van der Waals surface area (Å²) < 4.78 is 5.43. The molecule has 0 saturated heterocycles. The van der Waals surface area contributed by atoms with E-state index in [0.29, 0.717) is 23.3 Å². The van der Waals surface area contributed by atoms with Crippen molar-refractivity contribution in [1.29, 1.82) is 0 Å². The van der Waals surface area contributed by atoms with Gasteiger partial charge in [0.2, 0.25) is 0 Å². The molecule has 0 aromatic heterocycles. The lowest BCUT2D eigenvalue weighted by Crippen LogP contribution is -2.67. The van der Waals surface area contributed by atoms with Crippen LogP contribution >= 0.6 is 0 Å². The van der Waals surface area contributed by atoms with Gasteiger partial charge in [-0.15, -0.1) is 0 Å². The van der Waals surface area contributed by atoms with Gasteiger partial charge in [0.25, 0.3) is 5.91 Å². The maximum Gasteiger partial charge on any atom is 0.251 e. The molecule has 1 aromatic rings. The van der Waals surface area contributed by atoms with Crippen LogP contribution in [-0.4, -0.2) is 29.8 Å². The van der Waals surface area contributed by atoms with E-state index in [9.17, 15) is 9.90 Å². The van der Waals surface area contributed by atoms with Crippen molar-refractivity contribution in [2.45, 2.75) is 124 Å². The fraction of sp³-hybridized carbons (Fsp3) is 0.757. The van der Waals surface area contributed by atoms with Gasteiger partial charge >= 0.3 is 0 Å². The van der Waals surface area contributed by atoms with Crippen LogP contribution in [0.15, 0.2) is 35.9 Å². The third-order valence-electron chi connectivity index (χ3n) is 14.3. The van der Waals surface area contributed by atoms with Crippen LogP contribution in [-0.2, 0) is 0 Å². The number of amides is 1. The number of hydrogen-bond acceptors (Lipinski definition) is 3. The number of benzene rings is 1. The number of aliphatic hydroxyl groups is 1. The van der Waals surface area contributed by atoms with Crippen LogP contribution in [0.1, 0.15) is 123 Å². The molecule has 0 spiro atoms. The zero-order chi connectivity index (χ0) is 29.6. The summed E-state index contributed by atoms with van der Waals surface area (Å²) in [5.74, 6) is 2.32. The quantitative estimate of drug-likeness (QED) is 0.365. The molecule has 4 fully saturated rings. The van der Waals surface area contributed by atoms with Crippen molar-refractivity contribution in [3.8, 4) is 5.75 Å². The van der Waals surface area contributed by atoms with Gasteiger partial charge in [-0.25, -0.2) is 0 Å². The van der Waals surface area contributed by atoms with Crippen LogP contribution in [0.5, 0.6) is 5.75 Å². The summed E-state index contributed by atoms with van der Waals surface area (Å²) in [4.78, 5) is 13.8. The molecular weight excluding hydrogens is 506 g/mol. The number of rotatable bonds is 3. The molecule has 0 unspecified atom stereocenters. The first-order chi connectivity index (χ1) is 19.1. The van der Waals surface area contributed by atoms with Crippen molar-refractivity contribution in [3.05, 3.63) is 41.5 Å². The Hall–Kier alpha value is -1.81. The number of carbonyl (C=O) groups is 1. The topological polar surface area (TPSA) is 58.6 Å². The van der Waals surface area contributed by atoms with Crippen LogP contribution < -0.4 is 10.1 Å². The first-order valence-electron chi connectivity index (χ1n) is 16.5. The van der Waals surface area contributed by atoms with Gasteiger partial charge in [-0.2, -0.15) is 0 Å². The summed E-state index contributed by atoms with van der Waals surface area (Å²) in [5.41, 5.74) is 2.99. The van der Waals surface area contributed by atoms with Crippen LogP contribution in [0.4, 0.5) is 0 Å². The van der Waals surface area contributed by atoms with Crippen molar-refractivity contribution in [2.24, 2.45) is 44.8 Å². The lowest BCUT2D eigenvalue weighted by molar-refractivity contribution is -0.201. The van der Waals surface area contributed by atoms with E-state index in [-0.39, 0.29) is 44.6 Å². The van der Waals surface area contributed by atoms with Gasteiger partial charge in [0.1, 0.15) is 5.75 Å². The molecule has 41 heavy (non-hydrogen) atoms. The predicted molar refractivity (Wildman–Crippen MR) is 166 cm³/mol. The molecule has 1 aromatic carbocycles. The molecule has 4 heteroatoms. The zero-order valence-electron chi connectivity index (χ0n) is 27.0. The van der Waals surface area contributed by atoms with E-state index in [2.05, 4.69) is 59.9 Å². The Bertz CT molecular complexity index is 1250. The molecule has 8 atom stereocenters. The SMILES string of the molecule is COc1cccc(C(=O)N[C@]23CCC(C)(C)C[C@H]2C2=CC[C@@H]4[C@@]5(C)CC[C@H](O)C(C)(C)[C@@H]5CC[C@@]4(C)[C@]2(C)CC3)c1. The molecule has 0 radical (unpaired) electrons. The van der Waals surface area contributed by atoms with Crippen LogP contribution in [0.3, 0.4) is 0 Å². The van der Waals surface area contributed by atoms with Crippen LogP contribution in [0.25, 0.3) is 0 Å². The smallest absolute Gasteiger partial charge is 0.251 e. The number of ether oxygens (including phenoxy) is 1. The highest BCUT2D eigenvalue weighted by Crippen LogP contribution is 2.74. The number of hydrogen-bond donors (Lipinski definition) is 2. The maximum atomic E-state index is 13.8. The van der Waals surface area contributed by atoms with Crippen LogP contribution in [0.2, 0.25) is 0 Å². The average Bonchev–Trinajstić information content (AvgIpc) is 2.92. The van der Waals surface area contributed by atoms with Crippen molar-refractivity contribution >= 4 is 5.91 Å². The Morgan fingerprint density at radius 2 is 1.66 bits per heavy atom. The number of aliphatic hydroxyl groups excluding tert-OH is 1. The monoisotopic (exact) mass is 561 g/mol. The number of nitrogens with one attached hydrogen (secondary N) is 1. The lowest BCUT2D eigenvalue weighted by atomic mass is 9.34. The summed E-state index contributed by atoms with van der Waals surface area (Å²) in [7, 11) is 1.66. The van der Waals surface area contributed by atoms with Gasteiger partial charge in [0, 0.05) is 17.0 Å². The van der Waals surface area contributed by atoms with E-state index >= 15 is 0 Å². The number of fused-ring (bicyclic) bond motifs is 7. The molecule has 226 valence electrons. The normalized spacial score (nSPS) is 44.3. The Balaban J connectivity index is 1.38. The largest absolute Gasteiger partial charge is 0.497 e. The van der Waals surface area contributed by atoms with Gasteiger partial charge < -0.3 is 15.2 Å². The Kier molecular flexibility index (Phi) is 6.67.